The molecule has 1 atom stereocenters. The Bertz CT molecular complexity index is 296. The second kappa shape index (κ2) is 5.13. The number of aliphatic hydroxyl groups is 1. The number of hydrogen-bond donors (Lipinski definition) is 2. The van der Waals surface area contributed by atoms with Gasteiger partial charge >= 0.3 is 0 Å². The second-order valence-corrected chi connectivity index (χ2v) is 3.84. The number of rotatable bonds is 4. The molecule has 1 aromatic carbocycles. The SMILES string of the molecule is Cc1cccc(CC(N)CCO)c1C. The summed E-state index contributed by atoms with van der Waals surface area (Å²) in [6, 6.07) is 6.35. The summed E-state index contributed by atoms with van der Waals surface area (Å²) in [6.07, 6.45) is 1.53. The van der Waals surface area contributed by atoms with Gasteiger partial charge in [0.05, 0.1) is 0 Å². The van der Waals surface area contributed by atoms with E-state index in [0.29, 0.717) is 6.42 Å². The normalized spacial score (nSPS) is 12.9. The summed E-state index contributed by atoms with van der Waals surface area (Å²) < 4.78 is 0. The van der Waals surface area contributed by atoms with Crippen LogP contribution in [0, 0.1) is 13.8 Å². The molecule has 0 aliphatic rings. The summed E-state index contributed by atoms with van der Waals surface area (Å²) in [5.74, 6) is 0. The van der Waals surface area contributed by atoms with Crippen molar-refractivity contribution in [2.75, 3.05) is 6.61 Å². The van der Waals surface area contributed by atoms with Crippen LogP contribution in [0.1, 0.15) is 23.1 Å². The predicted octanol–water partition coefficient (Wildman–Crippen LogP) is 1.56. The van der Waals surface area contributed by atoms with E-state index >= 15 is 0 Å². The molecule has 0 heterocycles. The first-order valence-electron chi connectivity index (χ1n) is 5.06. The van der Waals surface area contributed by atoms with Gasteiger partial charge in [-0.05, 0) is 43.4 Å². The minimum Gasteiger partial charge on any atom is -0.396 e. The van der Waals surface area contributed by atoms with Gasteiger partial charge in [-0.3, -0.25) is 0 Å². The van der Waals surface area contributed by atoms with Gasteiger partial charge in [-0.1, -0.05) is 18.2 Å². The maximum absolute atomic E-state index is 8.76. The number of hydrogen-bond acceptors (Lipinski definition) is 2. The topological polar surface area (TPSA) is 46.2 Å². The van der Waals surface area contributed by atoms with Gasteiger partial charge in [0.2, 0.25) is 0 Å². The highest BCUT2D eigenvalue weighted by Gasteiger charge is 2.06. The average Bonchev–Trinajstić information content (AvgIpc) is 2.13. The van der Waals surface area contributed by atoms with E-state index in [2.05, 4.69) is 32.0 Å². The van der Waals surface area contributed by atoms with Crippen LogP contribution in [-0.4, -0.2) is 17.8 Å². The van der Waals surface area contributed by atoms with E-state index in [-0.39, 0.29) is 12.6 Å². The highest BCUT2D eigenvalue weighted by atomic mass is 16.3. The molecular formula is C12H19NO. The first kappa shape index (κ1) is 11.2. The highest BCUT2D eigenvalue weighted by Crippen LogP contribution is 2.14. The molecule has 78 valence electrons. The predicted molar refractivity (Wildman–Crippen MR) is 59.3 cm³/mol. The molecule has 2 heteroatoms. The van der Waals surface area contributed by atoms with Crippen LogP contribution >= 0.6 is 0 Å². The zero-order valence-electron chi connectivity index (χ0n) is 8.96. The summed E-state index contributed by atoms with van der Waals surface area (Å²) in [7, 11) is 0. The standard InChI is InChI=1S/C12H19NO/c1-9-4-3-5-11(10(9)2)8-12(13)6-7-14/h3-5,12,14H,6-8,13H2,1-2H3. The summed E-state index contributed by atoms with van der Waals surface area (Å²) >= 11 is 0. The summed E-state index contributed by atoms with van der Waals surface area (Å²) in [6.45, 7) is 4.40. The van der Waals surface area contributed by atoms with Crippen LogP contribution in [0.4, 0.5) is 0 Å². The third kappa shape index (κ3) is 2.82. The summed E-state index contributed by atoms with van der Waals surface area (Å²) in [5.41, 5.74) is 9.80. The van der Waals surface area contributed by atoms with Gasteiger partial charge in [0.15, 0.2) is 0 Å². The van der Waals surface area contributed by atoms with E-state index < -0.39 is 0 Å². The molecule has 0 amide bonds. The molecule has 0 aliphatic heterocycles. The summed E-state index contributed by atoms with van der Waals surface area (Å²) in [4.78, 5) is 0. The Morgan fingerprint density at radius 3 is 2.71 bits per heavy atom. The molecule has 0 fully saturated rings. The van der Waals surface area contributed by atoms with Crippen molar-refractivity contribution < 1.29 is 5.11 Å². The molecule has 0 spiro atoms. The molecule has 0 saturated carbocycles. The molecule has 3 N–H and O–H groups in total. The van der Waals surface area contributed by atoms with Crippen LogP contribution in [0.25, 0.3) is 0 Å². The van der Waals surface area contributed by atoms with Gasteiger partial charge in [-0.15, -0.1) is 0 Å². The average molecular weight is 193 g/mol. The maximum Gasteiger partial charge on any atom is 0.0445 e. The lowest BCUT2D eigenvalue weighted by atomic mass is 9.97. The molecule has 1 aromatic rings. The van der Waals surface area contributed by atoms with E-state index in [4.69, 9.17) is 10.8 Å². The lowest BCUT2D eigenvalue weighted by Gasteiger charge is -2.13. The van der Waals surface area contributed by atoms with Crippen molar-refractivity contribution in [3.05, 3.63) is 34.9 Å². The molecule has 1 unspecified atom stereocenters. The molecule has 0 radical (unpaired) electrons. The molecule has 0 aliphatic carbocycles. The van der Waals surface area contributed by atoms with Gasteiger partial charge in [0.1, 0.15) is 0 Å². The van der Waals surface area contributed by atoms with E-state index in [1.165, 1.54) is 16.7 Å². The fourth-order valence-electron chi connectivity index (χ4n) is 1.58. The van der Waals surface area contributed by atoms with Gasteiger partial charge in [-0.2, -0.15) is 0 Å². The third-order valence-corrected chi connectivity index (χ3v) is 2.70. The van der Waals surface area contributed by atoms with Crippen LogP contribution in [0.2, 0.25) is 0 Å². The van der Waals surface area contributed by atoms with Crippen LogP contribution in [0.5, 0.6) is 0 Å². The third-order valence-electron chi connectivity index (χ3n) is 2.70. The minimum absolute atomic E-state index is 0.0699. The second-order valence-electron chi connectivity index (χ2n) is 3.84. The maximum atomic E-state index is 8.76. The zero-order valence-corrected chi connectivity index (χ0v) is 8.96. The van der Waals surface area contributed by atoms with E-state index in [0.717, 1.165) is 6.42 Å². The van der Waals surface area contributed by atoms with Crippen molar-refractivity contribution in [2.24, 2.45) is 5.73 Å². The zero-order chi connectivity index (χ0) is 10.6. The Kier molecular flexibility index (Phi) is 4.11. The fraction of sp³-hybridized carbons (Fsp3) is 0.500. The number of benzene rings is 1. The Morgan fingerprint density at radius 1 is 1.36 bits per heavy atom. The van der Waals surface area contributed by atoms with Gasteiger partial charge in [0.25, 0.3) is 0 Å². The van der Waals surface area contributed by atoms with E-state index in [1.807, 2.05) is 0 Å². The Hall–Kier alpha value is -0.860. The number of aryl methyl sites for hydroxylation is 1. The monoisotopic (exact) mass is 193 g/mol. The molecule has 2 nitrogen and oxygen atoms in total. The number of aliphatic hydroxyl groups excluding tert-OH is 1. The van der Waals surface area contributed by atoms with Crippen molar-refractivity contribution in [1.29, 1.82) is 0 Å². The lowest BCUT2D eigenvalue weighted by Crippen LogP contribution is -2.24. The Morgan fingerprint density at radius 2 is 2.07 bits per heavy atom. The van der Waals surface area contributed by atoms with Crippen molar-refractivity contribution in [2.45, 2.75) is 32.7 Å². The van der Waals surface area contributed by atoms with Crippen molar-refractivity contribution in [1.82, 2.24) is 0 Å². The Balaban J connectivity index is 2.71. The van der Waals surface area contributed by atoms with E-state index in [1.54, 1.807) is 0 Å². The first-order valence-corrected chi connectivity index (χ1v) is 5.06. The highest BCUT2D eigenvalue weighted by molar-refractivity contribution is 5.33. The molecule has 14 heavy (non-hydrogen) atoms. The van der Waals surface area contributed by atoms with Crippen LogP contribution in [0.3, 0.4) is 0 Å². The summed E-state index contributed by atoms with van der Waals surface area (Å²) in [5, 5.41) is 8.76. The fourth-order valence-corrected chi connectivity index (χ4v) is 1.58. The van der Waals surface area contributed by atoms with Gasteiger partial charge in [0, 0.05) is 12.6 Å². The van der Waals surface area contributed by atoms with Crippen LogP contribution in [0.15, 0.2) is 18.2 Å². The van der Waals surface area contributed by atoms with Crippen LogP contribution in [-0.2, 0) is 6.42 Å². The molecule has 0 bridgehead atoms. The molecule has 0 aromatic heterocycles. The van der Waals surface area contributed by atoms with Crippen molar-refractivity contribution >= 4 is 0 Å². The van der Waals surface area contributed by atoms with Gasteiger partial charge < -0.3 is 10.8 Å². The van der Waals surface area contributed by atoms with E-state index in [9.17, 15) is 0 Å². The number of nitrogens with two attached hydrogens (primary N) is 1. The van der Waals surface area contributed by atoms with Crippen molar-refractivity contribution in [3.63, 3.8) is 0 Å². The minimum atomic E-state index is 0.0699. The van der Waals surface area contributed by atoms with Gasteiger partial charge in [-0.25, -0.2) is 0 Å². The smallest absolute Gasteiger partial charge is 0.0445 e. The quantitative estimate of drug-likeness (QED) is 0.762. The van der Waals surface area contributed by atoms with Crippen LogP contribution < -0.4 is 5.73 Å². The Labute approximate surface area is 85.8 Å². The molecular weight excluding hydrogens is 174 g/mol. The van der Waals surface area contributed by atoms with Crippen molar-refractivity contribution in [3.8, 4) is 0 Å². The first-order chi connectivity index (χ1) is 6.65. The lowest BCUT2D eigenvalue weighted by molar-refractivity contribution is 0.275. The largest absolute Gasteiger partial charge is 0.396 e. The molecule has 0 saturated heterocycles. The molecule has 1 rings (SSSR count).